The monoisotopic (exact) mass is 632 g/mol. The fraction of sp³-hybridized carbons (Fsp3) is 0.462. The molecule has 0 saturated heterocycles. The van der Waals surface area contributed by atoms with Gasteiger partial charge in [-0.25, -0.2) is 9.59 Å². The number of benzene rings is 2. The van der Waals surface area contributed by atoms with Crippen molar-refractivity contribution in [3.63, 3.8) is 0 Å². The largest absolute Gasteiger partial charge is 0.573 e. The molecular formula is C26H28F8N2O7. The van der Waals surface area contributed by atoms with Crippen molar-refractivity contribution in [1.82, 2.24) is 4.90 Å². The topological polar surface area (TPSA) is 107 Å². The summed E-state index contributed by atoms with van der Waals surface area (Å²) in [6, 6.07) is 9.45. The molecule has 1 unspecified atom stereocenters. The minimum Gasteiger partial charge on any atom is -0.492 e. The molecule has 1 atom stereocenters. The molecule has 2 rings (SSSR count). The van der Waals surface area contributed by atoms with Crippen LogP contribution in [-0.4, -0.2) is 79.7 Å². The summed E-state index contributed by atoms with van der Waals surface area (Å²) in [5.41, 5.74) is 0.670. The lowest BCUT2D eigenvalue weighted by Crippen LogP contribution is -2.41. The third-order valence-corrected chi connectivity index (χ3v) is 5.43. The Morgan fingerprint density at radius 1 is 0.884 bits per heavy atom. The lowest BCUT2D eigenvalue weighted by atomic mass is 10.1. The van der Waals surface area contributed by atoms with E-state index in [0.717, 1.165) is 29.2 Å². The zero-order valence-electron chi connectivity index (χ0n) is 22.5. The smallest absolute Gasteiger partial charge is 0.492 e. The number of urea groups is 1. The van der Waals surface area contributed by atoms with E-state index in [2.05, 4.69) is 14.8 Å². The van der Waals surface area contributed by atoms with E-state index in [1.54, 1.807) is 19.1 Å². The van der Waals surface area contributed by atoms with E-state index in [-0.39, 0.29) is 38.4 Å². The van der Waals surface area contributed by atoms with Crippen LogP contribution >= 0.6 is 0 Å². The van der Waals surface area contributed by atoms with E-state index < -0.39 is 55.5 Å². The maximum absolute atomic E-state index is 13.0. The maximum atomic E-state index is 13.0. The second-order valence-electron chi connectivity index (χ2n) is 8.68. The van der Waals surface area contributed by atoms with Crippen LogP contribution in [0.3, 0.4) is 0 Å². The van der Waals surface area contributed by atoms with Gasteiger partial charge in [0.15, 0.2) is 6.10 Å². The summed E-state index contributed by atoms with van der Waals surface area (Å²) in [5, 5.41) is 11.6. The van der Waals surface area contributed by atoms with E-state index in [1.165, 1.54) is 12.1 Å². The van der Waals surface area contributed by atoms with Gasteiger partial charge in [0.25, 0.3) is 0 Å². The molecule has 0 aromatic heterocycles. The Balaban J connectivity index is 2.01. The lowest BCUT2D eigenvalue weighted by Gasteiger charge is -2.24. The van der Waals surface area contributed by atoms with Crippen LogP contribution in [0.25, 0.3) is 0 Å². The Hall–Kier alpha value is -3.86. The highest BCUT2D eigenvalue weighted by Crippen LogP contribution is 2.36. The second-order valence-corrected chi connectivity index (χ2v) is 8.68. The predicted molar refractivity (Wildman–Crippen MR) is 134 cm³/mol. The summed E-state index contributed by atoms with van der Waals surface area (Å²) in [5.74, 6) is -1.36. The normalized spacial score (nSPS) is 12.9. The average molecular weight is 633 g/mol. The SMILES string of the molecule is CCOC(Cc1ccc(OCCN(CCCOC(F)(F)C(F)(F)F)C(=O)Nc2ccc(OC(F)(F)F)cc2)cc1)C(=O)O. The van der Waals surface area contributed by atoms with Crippen molar-refractivity contribution in [2.24, 2.45) is 0 Å². The van der Waals surface area contributed by atoms with Crippen molar-refractivity contribution < 1.29 is 68.8 Å². The number of ether oxygens (including phenoxy) is 4. The third-order valence-electron chi connectivity index (χ3n) is 5.43. The number of nitrogens with zero attached hydrogens (tertiary/aromatic N) is 1. The highest BCUT2D eigenvalue weighted by atomic mass is 19.4. The molecule has 2 aromatic carbocycles. The Morgan fingerprint density at radius 2 is 1.49 bits per heavy atom. The highest BCUT2D eigenvalue weighted by molar-refractivity contribution is 5.89. The van der Waals surface area contributed by atoms with Crippen LogP contribution in [0.5, 0.6) is 11.5 Å². The number of anilines is 1. The molecule has 0 heterocycles. The van der Waals surface area contributed by atoms with Crippen molar-refractivity contribution >= 4 is 17.7 Å². The summed E-state index contributed by atoms with van der Waals surface area (Å²) < 4.78 is 118. The predicted octanol–water partition coefficient (Wildman–Crippen LogP) is 6.09. The van der Waals surface area contributed by atoms with E-state index >= 15 is 0 Å². The van der Waals surface area contributed by atoms with Crippen molar-refractivity contribution in [3.8, 4) is 11.5 Å². The minimum atomic E-state index is -5.92. The van der Waals surface area contributed by atoms with E-state index in [0.29, 0.717) is 11.3 Å². The molecule has 240 valence electrons. The standard InChI is InChI=1S/C26H28F8N2O7/c1-2-40-21(22(37)38)16-17-4-8-19(9-5-17)41-15-13-36(12-3-14-42-25(30,31)24(27,28)29)23(39)35-18-6-10-20(11-7-18)43-26(32,33)34/h4-11,21H,2-3,12-16H2,1H3,(H,35,39)(H,37,38). The van der Waals surface area contributed by atoms with Gasteiger partial charge in [-0.1, -0.05) is 12.1 Å². The van der Waals surface area contributed by atoms with Gasteiger partial charge < -0.3 is 34.3 Å². The summed E-state index contributed by atoms with van der Waals surface area (Å²) in [6.07, 6.45) is -17.6. The molecule has 2 amide bonds. The first-order valence-corrected chi connectivity index (χ1v) is 12.6. The molecule has 0 fully saturated rings. The van der Waals surface area contributed by atoms with Crippen LogP contribution in [0.4, 0.5) is 45.6 Å². The Labute approximate surface area is 240 Å². The summed E-state index contributed by atoms with van der Waals surface area (Å²) in [7, 11) is 0. The molecule has 0 saturated carbocycles. The van der Waals surface area contributed by atoms with E-state index in [1.807, 2.05) is 0 Å². The first-order chi connectivity index (χ1) is 20.0. The molecule has 0 bridgehead atoms. The number of carboxylic acid groups (broad SMARTS) is 1. The summed E-state index contributed by atoms with van der Waals surface area (Å²) >= 11 is 0. The molecule has 9 nitrogen and oxygen atoms in total. The number of amides is 2. The number of hydrogen-bond acceptors (Lipinski definition) is 6. The lowest BCUT2D eigenvalue weighted by molar-refractivity contribution is -0.391. The first kappa shape index (κ1) is 35.3. The highest BCUT2D eigenvalue weighted by Gasteiger charge is 2.59. The molecule has 2 N–H and O–H groups in total. The third kappa shape index (κ3) is 12.5. The van der Waals surface area contributed by atoms with Crippen LogP contribution < -0.4 is 14.8 Å². The number of hydrogen-bond donors (Lipinski definition) is 2. The van der Waals surface area contributed by atoms with E-state index in [9.17, 15) is 49.8 Å². The first-order valence-electron chi connectivity index (χ1n) is 12.6. The fourth-order valence-corrected chi connectivity index (χ4v) is 3.42. The van der Waals surface area contributed by atoms with Gasteiger partial charge in [-0.2, -0.15) is 22.0 Å². The molecule has 0 radical (unpaired) electrons. The van der Waals surface area contributed by atoms with Crippen molar-refractivity contribution in [3.05, 3.63) is 54.1 Å². The van der Waals surface area contributed by atoms with Crippen molar-refractivity contribution in [1.29, 1.82) is 0 Å². The molecule has 0 spiro atoms. The second kappa shape index (κ2) is 15.6. The van der Waals surface area contributed by atoms with Crippen molar-refractivity contribution in [2.75, 3.05) is 38.2 Å². The number of nitrogens with one attached hydrogen (secondary N) is 1. The number of alkyl halides is 8. The van der Waals surface area contributed by atoms with Crippen LogP contribution in [0.2, 0.25) is 0 Å². The van der Waals surface area contributed by atoms with Gasteiger partial charge in [-0.3, -0.25) is 0 Å². The Bertz CT molecular complexity index is 1160. The zero-order valence-corrected chi connectivity index (χ0v) is 22.5. The quantitative estimate of drug-likeness (QED) is 0.170. The van der Waals surface area contributed by atoms with Gasteiger partial charge in [0, 0.05) is 25.3 Å². The van der Waals surface area contributed by atoms with Crippen LogP contribution in [0, 0.1) is 0 Å². The number of carbonyl (C=O) groups excluding carboxylic acids is 1. The molecule has 0 aliphatic rings. The van der Waals surface area contributed by atoms with Gasteiger partial charge in [0.2, 0.25) is 0 Å². The summed E-state index contributed by atoms with van der Waals surface area (Å²) in [6.45, 7) is 0.0965. The maximum Gasteiger partial charge on any atom is 0.573 e. The molecular weight excluding hydrogens is 604 g/mol. The number of carboxylic acids is 1. The van der Waals surface area contributed by atoms with Crippen molar-refractivity contribution in [2.45, 2.75) is 44.5 Å². The molecule has 17 heteroatoms. The van der Waals surface area contributed by atoms with Gasteiger partial charge in [0.1, 0.15) is 18.1 Å². The molecule has 2 aromatic rings. The van der Waals surface area contributed by atoms with Gasteiger partial charge in [0.05, 0.1) is 13.2 Å². The molecule has 43 heavy (non-hydrogen) atoms. The Kier molecular flexibility index (Phi) is 12.8. The van der Waals surface area contributed by atoms with Gasteiger partial charge in [-0.05, 0) is 55.3 Å². The average Bonchev–Trinajstić information content (AvgIpc) is 2.90. The summed E-state index contributed by atoms with van der Waals surface area (Å²) in [4.78, 5) is 25.1. The number of carbonyl (C=O) groups is 2. The van der Waals surface area contributed by atoms with Gasteiger partial charge in [-0.15, -0.1) is 13.2 Å². The Morgan fingerprint density at radius 3 is 2.02 bits per heavy atom. The number of halogens is 8. The molecule has 0 aliphatic heterocycles. The minimum absolute atomic E-state index is 0.0348. The van der Waals surface area contributed by atoms with Crippen LogP contribution in [-0.2, 0) is 20.7 Å². The number of rotatable bonds is 16. The van der Waals surface area contributed by atoms with Crippen LogP contribution in [0.15, 0.2) is 48.5 Å². The number of aliphatic carboxylic acids is 1. The van der Waals surface area contributed by atoms with Gasteiger partial charge >= 0.3 is 30.6 Å². The van der Waals surface area contributed by atoms with E-state index in [4.69, 9.17) is 9.47 Å². The molecule has 0 aliphatic carbocycles. The van der Waals surface area contributed by atoms with Crippen LogP contribution in [0.1, 0.15) is 18.9 Å². The fourth-order valence-electron chi connectivity index (χ4n) is 3.42. The zero-order chi connectivity index (χ0) is 32.3.